The van der Waals surface area contributed by atoms with Crippen molar-refractivity contribution in [1.82, 2.24) is 10.3 Å². The van der Waals surface area contributed by atoms with E-state index in [4.69, 9.17) is 4.42 Å². The van der Waals surface area contributed by atoms with Gasteiger partial charge in [0.15, 0.2) is 11.5 Å². The fourth-order valence-corrected chi connectivity index (χ4v) is 1.74. The maximum Gasteiger partial charge on any atom is 0.315 e. The number of hydrogen-bond acceptors (Lipinski definition) is 5. The molecule has 0 saturated heterocycles. The molecular formula is C14H16N2O4. The number of oxazole rings is 1. The van der Waals surface area contributed by atoms with Crippen LogP contribution in [-0.2, 0) is 20.7 Å². The van der Waals surface area contributed by atoms with Gasteiger partial charge in [-0.1, -0.05) is 12.1 Å². The van der Waals surface area contributed by atoms with Gasteiger partial charge >= 0.3 is 5.97 Å². The van der Waals surface area contributed by atoms with Crippen LogP contribution in [0, 0.1) is 0 Å². The molecule has 1 amide bonds. The van der Waals surface area contributed by atoms with Gasteiger partial charge in [-0.05, 0) is 19.1 Å². The molecule has 0 bridgehead atoms. The Bertz CT molecular complexity index is 573. The molecule has 20 heavy (non-hydrogen) atoms. The number of hydrogen-bond donors (Lipinski definition) is 1. The normalized spacial score (nSPS) is 10.4. The third-order valence-corrected chi connectivity index (χ3v) is 2.61. The van der Waals surface area contributed by atoms with Crippen LogP contribution in [0.2, 0.25) is 0 Å². The lowest BCUT2D eigenvalue weighted by atomic mass is 10.3. The lowest BCUT2D eigenvalue weighted by Crippen LogP contribution is -2.28. The molecule has 0 spiro atoms. The monoisotopic (exact) mass is 276 g/mol. The Kier molecular flexibility index (Phi) is 4.70. The second-order valence-corrected chi connectivity index (χ2v) is 4.16. The highest BCUT2D eigenvalue weighted by Crippen LogP contribution is 2.14. The highest BCUT2D eigenvalue weighted by Gasteiger charge is 2.10. The van der Waals surface area contributed by atoms with E-state index >= 15 is 0 Å². The highest BCUT2D eigenvalue weighted by molar-refractivity contribution is 5.94. The Balaban J connectivity index is 1.78. The van der Waals surface area contributed by atoms with Gasteiger partial charge in [-0.3, -0.25) is 9.59 Å². The average molecular weight is 276 g/mol. The van der Waals surface area contributed by atoms with Crippen molar-refractivity contribution in [3.63, 3.8) is 0 Å². The van der Waals surface area contributed by atoms with Crippen LogP contribution in [-0.4, -0.2) is 30.0 Å². The van der Waals surface area contributed by atoms with E-state index in [1.807, 2.05) is 24.3 Å². The Hall–Kier alpha value is -2.37. The minimum atomic E-state index is -0.521. The summed E-state index contributed by atoms with van der Waals surface area (Å²) in [5.41, 5.74) is 1.51. The first kappa shape index (κ1) is 14.0. The van der Waals surface area contributed by atoms with Gasteiger partial charge in [-0.2, -0.15) is 0 Å². The fourth-order valence-electron chi connectivity index (χ4n) is 1.74. The molecule has 6 heteroatoms. The zero-order valence-electron chi connectivity index (χ0n) is 11.2. The van der Waals surface area contributed by atoms with E-state index in [9.17, 15) is 9.59 Å². The number of amides is 1. The van der Waals surface area contributed by atoms with E-state index in [0.717, 1.165) is 11.1 Å². The quantitative estimate of drug-likeness (QED) is 0.637. The summed E-state index contributed by atoms with van der Waals surface area (Å²) in [4.78, 5) is 26.8. The molecule has 1 aromatic carbocycles. The van der Waals surface area contributed by atoms with Gasteiger partial charge in [-0.25, -0.2) is 4.98 Å². The summed E-state index contributed by atoms with van der Waals surface area (Å²) in [5, 5.41) is 2.63. The maximum atomic E-state index is 11.4. The van der Waals surface area contributed by atoms with Crippen molar-refractivity contribution in [3.8, 4) is 0 Å². The van der Waals surface area contributed by atoms with Crippen LogP contribution in [0.4, 0.5) is 0 Å². The van der Waals surface area contributed by atoms with Crippen LogP contribution in [0.3, 0.4) is 0 Å². The fraction of sp³-hybridized carbons (Fsp3) is 0.357. The second kappa shape index (κ2) is 6.70. The minimum absolute atomic E-state index is 0.263. The van der Waals surface area contributed by atoms with Gasteiger partial charge in [0, 0.05) is 13.0 Å². The average Bonchev–Trinajstić information content (AvgIpc) is 2.81. The second-order valence-electron chi connectivity index (χ2n) is 4.16. The van der Waals surface area contributed by atoms with Gasteiger partial charge in [0.1, 0.15) is 11.9 Å². The molecule has 0 fully saturated rings. The molecular weight excluding hydrogens is 260 g/mol. The van der Waals surface area contributed by atoms with Crippen molar-refractivity contribution in [2.45, 2.75) is 19.8 Å². The number of aromatic nitrogens is 1. The predicted octanol–water partition coefficient (Wildman–Crippen LogP) is 1.44. The molecule has 1 N–H and O–H groups in total. The Morgan fingerprint density at radius 1 is 1.35 bits per heavy atom. The zero-order chi connectivity index (χ0) is 14.4. The molecule has 1 aromatic heterocycles. The molecule has 2 rings (SSSR count). The number of benzene rings is 1. The summed E-state index contributed by atoms with van der Waals surface area (Å²) in [6, 6.07) is 7.46. The van der Waals surface area contributed by atoms with Gasteiger partial charge in [0.2, 0.25) is 5.91 Å². The van der Waals surface area contributed by atoms with Crippen molar-refractivity contribution >= 4 is 23.0 Å². The summed E-state index contributed by atoms with van der Waals surface area (Å²) < 4.78 is 10.2. The van der Waals surface area contributed by atoms with E-state index < -0.39 is 5.97 Å². The number of nitrogens with zero attached hydrogens (tertiary/aromatic N) is 1. The Morgan fingerprint density at radius 2 is 2.15 bits per heavy atom. The summed E-state index contributed by atoms with van der Waals surface area (Å²) in [6.45, 7) is 2.34. The molecule has 0 aliphatic heterocycles. The number of carbonyl (C=O) groups excluding carboxylic acids is 2. The number of nitrogens with one attached hydrogen (secondary N) is 1. The number of rotatable bonds is 6. The Labute approximate surface area is 116 Å². The first-order chi connectivity index (χ1) is 9.69. The van der Waals surface area contributed by atoms with Crippen LogP contribution in [0.25, 0.3) is 11.1 Å². The van der Waals surface area contributed by atoms with Gasteiger partial charge in [0.05, 0.1) is 6.61 Å². The van der Waals surface area contributed by atoms with Gasteiger partial charge in [0.25, 0.3) is 0 Å². The maximum absolute atomic E-state index is 11.4. The van der Waals surface area contributed by atoms with Crippen molar-refractivity contribution in [2.24, 2.45) is 0 Å². The van der Waals surface area contributed by atoms with Crippen LogP contribution in [0.5, 0.6) is 0 Å². The standard InChI is InChI=1S/C14H16N2O4/c1-2-19-14(18)9-12(17)15-8-7-13-16-10-5-3-4-6-11(10)20-13/h3-6H,2,7-9H2,1H3,(H,15,17). The van der Waals surface area contributed by atoms with Crippen LogP contribution < -0.4 is 5.32 Å². The van der Waals surface area contributed by atoms with Gasteiger partial charge in [-0.15, -0.1) is 0 Å². The molecule has 0 atom stereocenters. The lowest BCUT2D eigenvalue weighted by Gasteiger charge is -2.03. The van der Waals surface area contributed by atoms with E-state index in [0.29, 0.717) is 18.9 Å². The minimum Gasteiger partial charge on any atom is -0.466 e. The molecule has 106 valence electrons. The van der Waals surface area contributed by atoms with E-state index in [1.54, 1.807) is 6.92 Å². The summed E-state index contributed by atoms with van der Waals surface area (Å²) >= 11 is 0. The molecule has 1 heterocycles. The Morgan fingerprint density at radius 3 is 2.90 bits per heavy atom. The number of esters is 1. The predicted molar refractivity (Wildman–Crippen MR) is 72.0 cm³/mol. The number of fused-ring (bicyclic) bond motifs is 1. The highest BCUT2D eigenvalue weighted by atomic mass is 16.5. The van der Waals surface area contributed by atoms with Gasteiger partial charge < -0.3 is 14.5 Å². The zero-order valence-corrected chi connectivity index (χ0v) is 11.2. The lowest BCUT2D eigenvalue weighted by molar-refractivity contribution is -0.145. The summed E-state index contributed by atoms with van der Waals surface area (Å²) in [7, 11) is 0. The molecule has 0 aliphatic rings. The summed E-state index contributed by atoms with van der Waals surface area (Å²) in [6.07, 6.45) is 0.213. The first-order valence-electron chi connectivity index (χ1n) is 6.46. The smallest absolute Gasteiger partial charge is 0.315 e. The van der Waals surface area contributed by atoms with Crippen molar-refractivity contribution < 1.29 is 18.7 Å². The molecule has 0 saturated carbocycles. The van der Waals surface area contributed by atoms with Crippen molar-refractivity contribution in [2.75, 3.05) is 13.2 Å². The summed E-state index contributed by atoms with van der Waals surface area (Å²) in [5.74, 6) is -0.325. The van der Waals surface area contributed by atoms with E-state index in [-0.39, 0.29) is 18.9 Å². The number of ether oxygens (including phenoxy) is 1. The number of carbonyl (C=O) groups is 2. The van der Waals surface area contributed by atoms with Crippen LogP contribution in [0.15, 0.2) is 28.7 Å². The molecule has 0 radical (unpaired) electrons. The topological polar surface area (TPSA) is 81.4 Å². The third kappa shape index (κ3) is 3.81. The number of para-hydroxylation sites is 2. The largest absolute Gasteiger partial charge is 0.466 e. The SMILES string of the molecule is CCOC(=O)CC(=O)NCCc1nc2ccccc2o1. The molecule has 0 aliphatic carbocycles. The van der Waals surface area contributed by atoms with Crippen molar-refractivity contribution in [3.05, 3.63) is 30.2 Å². The third-order valence-electron chi connectivity index (χ3n) is 2.61. The first-order valence-corrected chi connectivity index (χ1v) is 6.46. The molecule has 0 unspecified atom stereocenters. The van der Waals surface area contributed by atoms with Crippen LogP contribution >= 0.6 is 0 Å². The van der Waals surface area contributed by atoms with E-state index in [1.165, 1.54) is 0 Å². The van der Waals surface area contributed by atoms with Crippen LogP contribution in [0.1, 0.15) is 19.2 Å². The molecule has 6 nitrogen and oxygen atoms in total. The van der Waals surface area contributed by atoms with E-state index in [2.05, 4.69) is 15.0 Å². The van der Waals surface area contributed by atoms with Crippen molar-refractivity contribution in [1.29, 1.82) is 0 Å². The molecule has 2 aromatic rings.